The molecule has 0 heterocycles. The standard InChI is InChI=1S/C17H23ClFN/c1-2-20-12-17(10-16(11-17)8-3-4-9-16)13-6-5-7-14(18)15(13)19/h5-7,20H,2-4,8-12H2,1H3. The maximum Gasteiger partial charge on any atom is 0.145 e. The minimum Gasteiger partial charge on any atom is -0.316 e. The molecule has 1 spiro atoms. The first-order valence-corrected chi connectivity index (χ1v) is 8.14. The Kier molecular flexibility index (Phi) is 3.81. The number of nitrogens with one attached hydrogen (secondary N) is 1. The highest BCUT2D eigenvalue weighted by atomic mass is 35.5. The topological polar surface area (TPSA) is 12.0 Å². The van der Waals surface area contributed by atoms with Crippen LogP contribution in [0.1, 0.15) is 51.0 Å². The van der Waals surface area contributed by atoms with Crippen LogP contribution in [0, 0.1) is 11.2 Å². The van der Waals surface area contributed by atoms with Gasteiger partial charge < -0.3 is 5.32 Å². The van der Waals surface area contributed by atoms with E-state index in [1.165, 1.54) is 25.7 Å². The van der Waals surface area contributed by atoms with Gasteiger partial charge in [-0.1, -0.05) is 43.5 Å². The largest absolute Gasteiger partial charge is 0.316 e. The summed E-state index contributed by atoms with van der Waals surface area (Å²) in [6.45, 7) is 3.89. The molecule has 3 heteroatoms. The molecule has 0 radical (unpaired) electrons. The molecular weight excluding hydrogens is 273 g/mol. The van der Waals surface area contributed by atoms with Gasteiger partial charge >= 0.3 is 0 Å². The van der Waals surface area contributed by atoms with E-state index in [0.717, 1.165) is 31.5 Å². The second-order valence-electron chi connectivity index (χ2n) is 6.72. The Bertz CT molecular complexity index is 486. The molecule has 2 aliphatic rings. The molecule has 1 N–H and O–H groups in total. The van der Waals surface area contributed by atoms with Crippen molar-refractivity contribution < 1.29 is 4.39 Å². The lowest BCUT2D eigenvalue weighted by Crippen LogP contribution is -2.54. The van der Waals surface area contributed by atoms with Crippen LogP contribution < -0.4 is 5.32 Å². The highest BCUT2D eigenvalue weighted by Crippen LogP contribution is 2.63. The third-order valence-electron chi connectivity index (χ3n) is 5.33. The molecule has 1 nitrogen and oxygen atoms in total. The van der Waals surface area contributed by atoms with Crippen molar-refractivity contribution in [2.75, 3.05) is 13.1 Å². The van der Waals surface area contributed by atoms with E-state index in [2.05, 4.69) is 12.2 Å². The highest BCUT2D eigenvalue weighted by Gasteiger charge is 2.56. The highest BCUT2D eigenvalue weighted by molar-refractivity contribution is 6.30. The second-order valence-corrected chi connectivity index (χ2v) is 7.13. The van der Waals surface area contributed by atoms with Gasteiger partial charge in [-0.05, 0) is 49.3 Å². The van der Waals surface area contributed by atoms with Crippen LogP contribution >= 0.6 is 11.6 Å². The van der Waals surface area contributed by atoms with Gasteiger partial charge in [-0.25, -0.2) is 4.39 Å². The fourth-order valence-electron chi connectivity index (χ4n) is 4.55. The molecule has 0 atom stereocenters. The van der Waals surface area contributed by atoms with Crippen LogP contribution in [-0.4, -0.2) is 13.1 Å². The zero-order chi connectivity index (χ0) is 14.2. The van der Waals surface area contributed by atoms with E-state index in [1.807, 2.05) is 12.1 Å². The lowest BCUT2D eigenvalue weighted by atomic mass is 9.49. The molecule has 0 aromatic heterocycles. The molecule has 0 unspecified atom stereocenters. The minimum atomic E-state index is -0.208. The van der Waals surface area contributed by atoms with Gasteiger partial charge in [0.25, 0.3) is 0 Å². The van der Waals surface area contributed by atoms with Crippen LogP contribution in [0.4, 0.5) is 4.39 Å². The number of benzene rings is 1. The number of halogens is 2. The van der Waals surface area contributed by atoms with Crippen LogP contribution in [0.15, 0.2) is 18.2 Å². The fraction of sp³-hybridized carbons (Fsp3) is 0.647. The Morgan fingerprint density at radius 1 is 1.25 bits per heavy atom. The van der Waals surface area contributed by atoms with Crippen LogP contribution in [0.2, 0.25) is 5.02 Å². The van der Waals surface area contributed by atoms with E-state index in [0.29, 0.717) is 5.41 Å². The van der Waals surface area contributed by atoms with Gasteiger partial charge in [0.15, 0.2) is 0 Å². The Hall–Kier alpha value is -0.600. The van der Waals surface area contributed by atoms with Gasteiger partial charge in [0.1, 0.15) is 5.82 Å². The molecule has 0 bridgehead atoms. The smallest absolute Gasteiger partial charge is 0.145 e. The molecule has 1 aromatic carbocycles. The van der Waals surface area contributed by atoms with Gasteiger partial charge in [0.2, 0.25) is 0 Å². The number of hydrogen-bond acceptors (Lipinski definition) is 1. The molecule has 2 saturated carbocycles. The number of hydrogen-bond donors (Lipinski definition) is 1. The van der Waals surface area contributed by atoms with E-state index < -0.39 is 0 Å². The monoisotopic (exact) mass is 295 g/mol. The van der Waals surface area contributed by atoms with Gasteiger partial charge in [0, 0.05) is 12.0 Å². The summed E-state index contributed by atoms with van der Waals surface area (Å²) < 4.78 is 14.5. The summed E-state index contributed by atoms with van der Waals surface area (Å²) in [5.41, 5.74) is 1.27. The van der Waals surface area contributed by atoms with Gasteiger partial charge in [-0.15, -0.1) is 0 Å². The Morgan fingerprint density at radius 2 is 1.95 bits per heavy atom. The summed E-state index contributed by atoms with van der Waals surface area (Å²) >= 11 is 5.99. The number of rotatable bonds is 4. The average molecular weight is 296 g/mol. The Morgan fingerprint density at radius 3 is 2.60 bits per heavy atom. The van der Waals surface area contributed by atoms with Crippen LogP contribution in [0.3, 0.4) is 0 Å². The van der Waals surface area contributed by atoms with Crippen molar-refractivity contribution in [2.24, 2.45) is 5.41 Å². The quantitative estimate of drug-likeness (QED) is 0.850. The van der Waals surface area contributed by atoms with Crippen LogP contribution in [0.5, 0.6) is 0 Å². The van der Waals surface area contributed by atoms with Gasteiger partial charge in [-0.3, -0.25) is 0 Å². The zero-order valence-corrected chi connectivity index (χ0v) is 12.9. The molecule has 0 amide bonds. The summed E-state index contributed by atoms with van der Waals surface area (Å²) in [6, 6.07) is 5.46. The third kappa shape index (κ3) is 2.27. The maximum atomic E-state index is 14.5. The van der Waals surface area contributed by atoms with Crippen molar-refractivity contribution in [2.45, 2.75) is 50.9 Å². The molecule has 20 heavy (non-hydrogen) atoms. The minimum absolute atomic E-state index is 0.0463. The van der Waals surface area contributed by atoms with Crippen molar-refractivity contribution in [3.8, 4) is 0 Å². The zero-order valence-electron chi connectivity index (χ0n) is 12.1. The predicted octanol–water partition coefficient (Wildman–Crippen LogP) is 4.68. The second kappa shape index (κ2) is 5.31. The Labute approximate surface area is 125 Å². The summed E-state index contributed by atoms with van der Waals surface area (Å²) in [4.78, 5) is 0. The van der Waals surface area contributed by atoms with Crippen LogP contribution in [-0.2, 0) is 5.41 Å². The molecular formula is C17H23ClFN. The average Bonchev–Trinajstić information content (AvgIpc) is 2.87. The lowest BCUT2D eigenvalue weighted by Gasteiger charge is -2.56. The molecule has 0 aliphatic heterocycles. The van der Waals surface area contributed by atoms with E-state index in [4.69, 9.17) is 11.6 Å². The summed E-state index contributed by atoms with van der Waals surface area (Å²) in [5.74, 6) is -0.208. The van der Waals surface area contributed by atoms with Gasteiger partial charge in [0.05, 0.1) is 5.02 Å². The molecule has 0 saturated heterocycles. The molecule has 3 rings (SSSR count). The maximum absolute atomic E-state index is 14.5. The van der Waals surface area contributed by atoms with Crippen molar-refractivity contribution in [1.29, 1.82) is 0 Å². The molecule has 110 valence electrons. The van der Waals surface area contributed by atoms with Crippen LogP contribution in [0.25, 0.3) is 0 Å². The first kappa shape index (κ1) is 14.3. The summed E-state index contributed by atoms with van der Waals surface area (Å²) in [6.07, 6.45) is 7.56. The molecule has 2 aliphatic carbocycles. The fourth-order valence-corrected chi connectivity index (χ4v) is 4.73. The molecule has 1 aromatic rings. The number of likely N-dealkylation sites (N-methyl/N-ethyl adjacent to an activating group) is 1. The Balaban J connectivity index is 1.89. The normalized spacial score (nSPS) is 22.9. The van der Waals surface area contributed by atoms with Gasteiger partial charge in [-0.2, -0.15) is 0 Å². The van der Waals surface area contributed by atoms with E-state index >= 15 is 0 Å². The van der Waals surface area contributed by atoms with Crippen molar-refractivity contribution in [3.05, 3.63) is 34.6 Å². The third-order valence-corrected chi connectivity index (χ3v) is 5.62. The first-order valence-electron chi connectivity index (χ1n) is 7.76. The molecule has 2 fully saturated rings. The predicted molar refractivity (Wildman–Crippen MR) is 81.8 cm³/mol. The van der Waals surface area contributed by atoms with E-state index in [1.54, 1.807) is 6.07 Å². The van der Waals surface area contributed by atoms with Crippen molar-refractivity contribution >= 4 is 11.6 Å². The van der Waals surface area contributed by atoms with E-state index in [9.17, 15) is 4.39 Å². The lowest BCUT2D eigenvalue weighted by molar-refractivity contribution is 0.0250. The van der Waals surface area contributed by atoms with E-state index in [-0.39, 0.29) is 16.3 Å². The first-order chi connectivity index (χ1) is 9.61. The summed E-state index contributed by atoms with van der Waals surface area (Å²) in [5, 5.41) is 3.69. The SMILES string of the molecule is CCNCC1(c2cccc(Cl)c2F)CC2(CCCC2)C1. The van der Waals surface area contributed by atoms with Crippen molar-refractivity contribution in [1.82, 2.24) is 5.32 Å². The van der Waals surface area contributed by atoms with Crippen molar-refractivity contribution in [3.63, 3.8) is 0 Å². The summed E-state index contributed by atoms with van der Waals surface area (Å²) in [7, 11) is 0.